The highest BCUT2D eigenvalue weighted by molar-refractivity contribution is 5.94. The van der Waals surface area contributed by atoms with Crippen molar-refractivity contribution in [1.29, 1.82) is 0 Å². The van der Waals surface area contributed by atoms with Gasteiger partial charge in [0.2, 0.25) is 11.8 Å². The van der Waals surface area contributed by atoms with Crippen molar-refractivity contribution >= 4 is 53.4 Å². The second kappa shape index (κ2) is 25.8. The fourth-order valence-corrected chi connectivity index (χ4v) is 5.45. The molecule has 0 bridgehead atoms. The van der Waals surface area contributed by atoms with Crippen molar-refractivity contribution in [3.05, 3.63) is 12.3 Å². The summed E-state index contributed by atoms with van der Waals surface area (Å²) in [5.41, 5.74) is 0.780. The first-order chi connectivity index (χ1) is 25.1. The SMILES string of the molecule is CN(CCCCC(NC(=O)CCCCCCC(=O)NCCCCC(NC(=O)NC(CCC(=O)O)C(=O)O)C(=O)O)C(=O)O)CC1=NC=CC1CC(=O)O. The summed E-state index contributed by atoms with van der Waals surface area (Å²) in [6, 6.07) is -4.88. The number of carboxylic acid groups (broad SMARTS) is 5. The largest absolute Gasteiger partial charge is 0.481 e. The summed E-state index contributed by atoms with van der Waals surface area (Å²) < 4.78 is 0. The van der Waals surface area contributed by atoms with Crippen molar-refractivity contribution in [2.45, 2.75) is 114 Å². The number of carboxylic acids is 5. The zero-order chi connectivity index (χ0) is 39.8. The van der Waals surface area contributed by atoms with Crippen LogP contribution in [0.25, 0.3) is 0 Å². The van der Waals surface area contributed by atoms with Gasteiger partial charge < -0.3 is 51.7 Å². The fourth-order valence-electron chi connectivity index (χ4n) is 5.45. The molecule has 1 heterocycles. The number of unbranched alkanes of at least 4 members (excludes halogenated alkanes) is 5. The van der Waals surface area contributed by atoms with E-state index in [1.54, 1.807) is 12.3 Å². The second-order valence-electron chi connectivity index (χ2n) is 13.0. The highest BCUT2D eigenvalue weighted by Crippen LogP contribution is 2.16. The van der Waals surface area contributed by atoms with Crippen LogP contribution in [0, 0.1) is 5.92 Å². The molecule has 19 nitrogen and oxygen atoms in total. The number of aliphatic imine (C=N–C) groups is 1. The Kier molecular flexibility index (Phi) is 22.4. The van der Waals surface area contributed by atoms with Crippen LogP contribution >= 0.6 is 0 Å². The van der Waals surface area contributed by atoms with Crippen molar-refractivity contribution < 1.29 is 63.9 Å². The van der Waals surface area contributed by atoms with Crippen LogP contribution in [0.2, 0.25) is 0 Å². The van der Waals surface area contributed by atoms with Crippen LogP contribution in [0.5, 0.6) is 0 Å². The summed E-state index contributed by atoms with van der Waals surface area (Å²) in [7, 11) is 1.88. The first kappa shape index (κ1) is 46.0. The molecule has 0 radical (unpaired) electrons. The Balaban J connectivity index is 2.18. The van der Waals surface area contributed by atoms with E-state index in [0.29, 0.717) is 64.5 Å². The molecule has 19 heteroatoms. The zero-order valence-electron chi connectivity index (χ0n) is 30.1. The summed E-state index contributed by atoms with van der Waals surface area (Å²) in [5.74, 6) is -6.81. The summed E-state index contributed by atoms with van der Waals surface area (Å²) in [4.78, 5) is 98.9. The quantitative estimate of drug-likeness (QED) is 0.0469. The predicted octanol–water partition coefficient (Wildman–Crippen LogP) is 1.41. The number of amides is 4. The van der Waals surface area contributed by atoms with Gasteiger partial charge in [-0.1, -0.05) is 18.9 Å². The van der Waals surface area contributed by atoms with E-state index in [0.717, 1.165) is 5.71 Å². The lowest BCUT2D eigenvalue weighted by Gasteiger charge is -2.20. The van der Waals surface area contributed by atoms with Crippen molar-refractivity contribution in [1.82, 2.24) is 26.2 Å². The van der Waals surface area contributed by atoms with Gasteiger partial charge in [-0.2, -0.15) is 0 Å². The lowest BCUT2D eigenvalue weighted by atomic mass is 10.0. The van der Waals surface area contributed by atoms with Crippen LogP contribution in [0.1, 0.15) is 96.3 Å². The summed E-state index contributed by atoms with van der Waals surface area (Å²) in [6.07, 6.45) is 7.65. The lowest BCUT2D eigenvalue weighted by Crippen LogP contribution is -2.51. The molecule has 1 rings (SSSR count). The highest BCUT2D eigenvalue weighted by Gasteiger charge is 2.25. The number of hydrogen-bond donors (Lipinski definition) is 9. The van der Waals surface area contributed by atoms with E-state index in [2.05, 4.69) is 26.3 Å². The molecular formula is C34H54N6O13. The van der Waals surface area contributed by atoms with E-state index in [9.17, 15) is 48.6 Å². The van der Waals surface area contributed by atoms with Gasteiger partial charge in [0.05, 0.1) is 6.42 Å². The van der Waals surface area contributed by atoms with Crippen molar-refractivity contribution in [2.75, 3.05) is 26.7 Å². The number of allylic oxidation sites excluding steroid dienone is 1. The predicted molar refractivity (Wildman–Crippen MR) is 189 cm³/mol. The molecule has 4 unspecified atom stereocenters. The molecular weight excluding hydrogens is 700 g/mol. The van der Waals surface area contributed by atoms with Gasteiger partial charge in [0, 0.05) is 50.2 Å². The van der Waals surface area contributed by atoms with Gasteiger partial charge >= 0.3 is 35.9 Å². The number of aliphatic carboxylic acids is 5. The van der Waals surface area contributed by atoms with Crippen molar-refractivity contribution in [3.8, 4) is 0 Å². The third-order valence-corrected chi connectivity index (χ3v) is 8.38. The Morgan fingerprint density at radius 1 is 0.660 bits per heavy atom. The summed E-state index contributed by atoms with van der Waals surface area (Å²) in [6.45, 7) is 1.44. The normalized spacial score (nSPS) is 15.1. The van der Waals surface area contributed by atoms with Crippen LogP contribution in [0.15, 0.2) is 17.3 Å². The second-order valence-corrected chi connectivity index (χ2v) is 13.0. The Bertz CT molecular complexity index is 1320. The number of urea groups is 1. The van der Waals surface area contributed by atoms with Gasteiger partial charge in [-0.25, -0.2) is 19.2 Å². The number of nitrogens with one attached hydrogen (secondary N) is 4. The molecule has 0 fully saturated rings. The minimum absolute atomic E-state index is 0.0120. The zero-order valence-corrected chi connectivity index (χ0v) is 30.1. The molecule has 0 aromatic rings. The molecule has 4 atom stereocenters. The molecule has 0 aromatic heterocycles. The van der Waals surface area contributed by atoms with Crippen LogP contribution in [-0.4, -0.2) is 129 Å². The van der Waals surface area contributed by atoms with Gasteiger partial charge in [0.25, 0.3) is 0 Å². The Hall–Kier alpha value is -5.07. The van der Waals surface area contributed by atoms with Crippen LogP contribution in [-0.2, 0) is 33.6 Å². The van der Waals surface area contributed by atoms with E-state index in [-0.39, 0.29) is 62.8 Å². The number of carbonyl (C=O) groups excluding carboxylic acids is 3. The molecule has 1 aliphatic rings. The topological polar surface area (TPSA) is 301 Å². The Morgan fingerprint density at radius 3 is 1.77 bits per heavy atom. The number of carbonyl (C=O) groups is 8. The molecule has 0 aliphatic carbocycles. The number of hydrogen-bond acceptors (Lipinski definition) is 10. The van der Waals surface area contributed by atoms with Crippen LogP contribution < -0.4 is 21.3 Å². The average Bonchev–Trinajstić information content (AvgIpc) is 3.49. The molecule has 4 amide bonds. The number of nitrogens with zero attached hydrogens (tertiary/aromatic N) is 2. The van der Waals surface area contributed by atoms with Gasteiger partial charge in [0.1, 0.15) is 18.1 Å². The molecule has 1 aliphatic heterocycles. The standard InChI is InChI=1S/C34H54N6O13/c1-40(21-26-22(16-18-35-26)20-30(45)46)19-9-7-11-23(31(47)48)37-28(42)13-5-3-2-4-12-27(41)36-17-8-6-10-24(32(49)50)38-34(53)39-25(33(51)52)14-15-29(43)44/h16,18,22-25H,2-15,17,19-21H2,1H3,(H,36,41)(H,37,42)(H,43,44)(H,45,46)(H,47,48)(H,49,50)(H,51,52)(H2,38,39,53). The molecule has 0 spiro atoms. The Morgan fingerprint density at radius 2 is 1.21 bits per heavy atom. The minimum atomic E-state index is -1.50. The third-order valence-electron chi connectivity index (χ3n) is 8.38. The van der Waals surface area contributed by atoms with Gasteiger partial charge in [-0.3, -0.25) is 24.2 Å². The average molecular weight is 755 g/mol. The first-order valence-corrected chi connectivity index (χ1v) is 17.8. The van der Waals surface area contributed by atoms with Crippen molar-refractivity contribution in [2.24, 2.45) is 10.9 Å². The molecule has 298 valence electrons. The van der Waals surface area contributed by atoms with Gasteiger partial charge in [-0.15, -0.1) is 0 Å². The lowest BCUT2D eigenvalue weighted by molar-refractivity contribution is -0.142. The number of rotatable bonds is 30. The van der Waals surface area contributed by atoms with E-state index >= 15 is 0 Å². The molecule has 9 N–H and O–H groups in total. The van der Waals surface area contributed by atoms with Gasteiger partial charge in [0.15, 0.2) is 0 Å². The summed E-state index contributed by atoms with van der Waals surface area (Å²) in [5, 5.41) is 55.3. The monoisotopic (exact) mass is 754 g/mol. The van der Waals surface area contributed by atoms with Crippen LogP contribution in [0.3, 0.4) is 0 Å². The third kappa shape index (κ3) is 21.8. The van der Waals surface area contributed by atoms with E-state index in [4.69, 9.17) is 15.3 Å². The molecule has 53 heavy (non-hydrogen) atoms. The molecule has 0 aromatic carbocycles. The van der Waals surface area contributed by atoms with Crippen molar-refractivity contribution in [3.63, 3.8) is 0 Å². The van der Waals surface area contributed by atoms with Gasteiger partial charge in [-0.05, 0) is 71.4 Å². The summed E-state index contributed by atoms with van der Waals surface area (Å²) >= 11 is 0. The maximum Gasteiger partial charge on any atom is 0.326 e. The molecule has 0 saturated heterocycles. The fraction of sp³-hybridized carbons (Fsp3) is 0.676. The van der Waals surface area contributed by atoms with Crippen LogP contribution in [0.4, 0.5) is 4.79 Å². The maximum atomic E-state index is 12.4. The van der Waals surface area contributed by atoms with E-state index in [1.165, 1.54) is 0 Å². The first-order valence-electron chi connectivity index (χ1n) is 17.8. The highest BCUT2D eigenvalue weighted by atomic mass is 16.4. The molecule has 0 saturated carbocycles. The Labute approximate surface area is 307 Å². The maximum absolute atomic E-state index is 12.4. The smallest absolute Gasteiger partial charge is 0.326 e. The van der Waals surface area contributed by atoms with E-state index < -0.39 is 60.4 Å². The minimum Gasteiger partial charge on any atom is -0.481 e. The van der Waals surface area contributed by atoms with E-state index in [1.807, 2.05) is 11.9 Å².